The highest BCUT2D eigenvalue weighted by Gasteiger charge is 2.32. The summed E-state index contributed by atoms with van der Waals surface area (Å²) in [4.78, 5) is 14.5. The number of H-pyrrole nitrogens is 1. The van der Waals surface area contributed by atoms with Gasteiger partial charge in [0.2, 0.25) is 0 Å². The quantitative estimate of drug-likeness (QED) is 0.492. The average Bonchev–Trinajstić information content (AvgIpc) is 3.64. The second-order valence-corrected chi connectivity index (χ2v) is 10.2. The van der Waals surface area contributed by atoms with E-state index in [1.165, 1.54) is 0 Å². The number of pyridine rings is 2. The lowest BCUT2D eigenvalue weighted by Crippen LogP contribution is -2.25. The Balaban J connectivity index is 1.25. The molecule has 6 heterocycles. The van der Waals surface area contributed by atoms with Gasteiger partial charge in [-0.25, -0.2) is 9.97 Å². The minimum absolute atomic E-state index is 0.0131. The van der Waals surface area contributed by atoms with Crippen molar-refractivity contribution in [1.29, 1.82) is 5.26 Å². The van der Waals surface area contributed by atoms with Crippen LogP contribution in [0.4, 0.5) is 5.82 Å². The molecule has 2 aliphatic rings. The largest absolute Gasteiger partial charge is 0.356 e. The lowest BCUT2D eigenvalue weighted by Gasteiger charge is -2.23. The van der Waals surface area contributed by atoms with Gasteiger partial charge in [0.05, 0.1) is 35.5 Å². The first-order chi connectivity index (χ1) is 16.2. The molecule has 0 saturated carbocycles. The van der Waals surface area contributed by atoms with Crippen LogP contribution in [-0.2, 0) is 17.2 Å². The van der Waals surface area contributed by atoms with Crippen molar-refractivity contribution in [3.8, 4) is 17.2 Å². The molecule has 1 N–H and O–H groups in total. The van der Waals surface area contributed by atoms with E-state index in [0.29, 0.717) is 12.2 Å². The third-order valence-electron chi connectivity index (χ3n) is 6.80. The number of nitrogens with zero attached hydrogens (tertiary/aromatic N) is 6. The second kappa shape index (κ2) is 8.12. The molecule has 1 saturated heterocycles. The second-order valence-electron chi connectivity index (χ2n) is 8.67. The van der Waals surface area contributed by atoms with Gasteiger partial charge in [-0.1, -0.05) is 6.07 Å². The maximum absolute atomic E-state index is 12.2. The van der Waals surface area contributed by atoms with Gasteiger partial charge in [0.1, 0.15) is 16.5 Å². The molecule has 0 aliphatic carbocycles. The van der Waals surface area contributed by atoms with Crippen molar-refractivity contribution < 1.29 is 4.21 Å². The van der Waals surface area contributed by atoms with Crippen LogP contribution in [0.1, 0.15) is 24.4 Å². The van der Waals surface area contributed by atoms with Crippen LogP contribution < -0.4 is 4.90 Å². The van der Waals surface area contributed by atoms with Crippen molar-refractivity contribution in [1.82, 2.24) is 24.7 Å². The number of fused-ring (bicyclic) bond motifs is 2. The van der Waals surface area contributed by atoms with E-state index in [-0.39, 0.29) is 12.0 Å². The van der Waals surface area contributed by atoms with Gasteiger partial charge in [-0.2, -0.15) is 10.4 Å². The smallest absolute Gasteiger partial charge is 0.137 e. The highest BCUT2D eigenvalue weighted by molar-refractivity contribution is 7.85. The van der Waals surface area contributed by atoms with E-state index in [1.807, 2.05) is 41.5 Å². The number of hydrogen-bond acceptors (Lipinski definition) is 6. The van der Waals surface area contributed by atoms with Crippen molar-refractivity contribution >= 4 is 27.7 Å². The lowest BCUT2D eigenvalue weighted by atomic mass is 9.96. The summed E-state index contributed by atoms with van der Waals surface area (Å²) in [6.45, 7) is 1.67. The summed E-state index contributed by atoms with van der Waals surface area (Å²) < 4.78 is 14.2. The van der Waals surface area contributed by atoms with Gasteiger partial charge < -0.3 is 9.88 Å². The molecule has 0 radical (unpaired) electrons. The molecule has 166 valence electrons. The van der Waals surface area contributed by atoms with Gasteiger partial charge in [-0.05, 0) is 42.2 Å². The van der Waals surface area contributed by atoms with Gasteiger partial charge in [0.15, 0.2) is 0 Å². The molecule has 0 spiro atoms. The van der Waals surface area contributed by atoms with E-state index in [1.54, 1.807) is 6.20 Å². The SMILES string of the molecule is N#CCC(C1CCN(c2ccc3c(n2)S(=O)CC3)C1)n1cc(-c2ccnc3[nH]ccc23)cn1. The van der Waals surface area contributed by atoms with Crippen molar-refractivity contribution in [3.63, 3.8) is 0 Å². The first kappa shape index (κ1) is 20.1. The minimum atomic E-state index is -0.983. The zero-order valence-electron chi connectivity index (χ0n) is 18.0. The van der Waals surface area contributed by atoms with E-state index >= 15 is 0 Å². The van der Waals surface area contributed by atoms with Crippen molar-refractivity contribution in [2.75, 3.05) is 23.7 Å². The number of rotatable bonds is 5. The third kappa shape index (κ3) is 3.51. The van der Waals surface area contributed by atoms with Crippen LogP contribution in [0.25, 0.3) is 22.2 Å². The first-order valence-corrected chi connectivity index (χ1v) is 12.5. The molecule has 0 bridgehead atoms. The van der Waals surface area contributed by atoms with Crippen LogP contribution in [0.5, 0.6) is 0 Å². The fourth-order valence-electron chi connectivity index (χ4n) is 5.07. The summed E-state index contributed by atoms with van der Waals surface area (Å²) in [5, 5.41) is 16.0. The van der Waals surface area contributed by atoms with Crippen LogP contribution in [0.2, 0.25) is 0 Å². The minimum Gasteiger partial charge on any atom is -0.356 e. The summed E-state index contributed by atoms with van der Waals surface area (Å²) in [5.74, 6) is 1.84. The summed E-state index contributed by atoms with van der Waals surface area (Å²) >= 11 is 0. The fraction of sp³-hybridized carbons (Fsp3) is 0.333. The Bertz CT molecular complexity index is 1400. The number of aromatic nitrogens is 5. The topological polar surface area (TPSA) is 103 Å². The molecule has 2 aliphatic heterocycles. The number of hydrogen-bond donors (Lipinski definition) is 1. The first-order valence-electron chi connectivity index (χ1n) is 11.2. The maximum atomic E-state index is 12.2. The Hall–Kier alpha value is -3.51. The van der Waals surface area contributed by atoms with E-state index in [4.69, 9.17) is 4.98 Å². The zero-order valence-corrected chi connectivity index (χ0v) is 18.8. The van der Waals surface area contributed by atoms with Crippen molar-refractivity contribution in [3.05, 3.63) is 54.6 Å². The molecule has 4 aromatic rings. The van der Waals surface area contributed by atoms with E-state index in [2.05, 4.69) is 32.1 Å². The molecule has 0 aromatic carbocycles. The molecular formula is C24H23N7OS. The number of anilines is 1. The standard InChI is InChI=1S/C24H23N7OS/c25-8-3-21(31-15-18(13-28-31)19-4-9-26-23-20(19)5-10-27-23)17-6-11-30(14-17)22-2-1-16-7-12-33(32)24(16)29-22/h1-2,4-5,9-10,13,15,17,21H,3,6-7,11-12,14H2,(H,26,27). The predicted octanol–water partition coefficient (Wildman–Crippen LogP) is 3.47. The molecule has 3 unspecified atom stereocenters. The van der Waals surface area contributed by atoms with Crippen LogP contribution in [-0.4, -0.2) is 47.8 Å². The molecule has 6 rings (SSSR count). The normalized spacial score (nSPS) is 20.8. The van der Waals surface area contributed by atoms with Gasteiger partial charge in [-0.3, -0.25) is 8.89 Å². The monoisotopic (exact) mass is 457 g/mol. The van der Waals surface area contributed by atoms with E-state index in [9.17, 15) is 9.47 Å². The maximum Gasteiger partial charge on any atom is 0.137 e. The van der Waals surface area contributed by atoms with E-state index < -0.39 is 10.8 Å². The molecule has 8 nitrogen and oxygen atoms in total. The Kier molecular flexibility index (Phi) is 4.95. The zero-order chi connectivity index (χ0) is 22.4. The summed E-state index contributed by atoms with van der Waals surface area (Å²) in [7, 11) is -0.983. The molecule has 4 aromatic heterocycles. The lowest BCUT2D eigenvalue weighted by molar-refractivity contribution is 0.332. The van der Waals surface area contributed by atoms with Crippen LogP contribution in [0, 0.1) is 17.2 Å². The molecule has 33 heavy (non-hydrogen) atoms. The third-order valence-corrected chi connectivity index (χ3v) is 8.16. The summed E-state index contributed by atoms with van der Waals surface area (Å²) in [6, 6.07) is 10.5. The number of nitriles is 1. The van der Waals surface area contributed by atoms with Gasteiger partial charge in [0, 0.05) is 54.3 Å². The van der Waals surface area contributed by atoms with Gasteiger partial charge >= 0.3 is 0 Å². The van der Waals surface area contributed by atoms with Crippen molar-refractivity contribution in [2.24, 2.45) is 5.92 Å². The van der Waals surface area contributed by atoms with Crippen molar-refractivity contribution in [2.45, 2.75) is 30.3 Å². The molecule has 1 fully saturated rings. The summed E-state index contributed by atoms with van der Waals surface area (Å²) in [5.41, 5.74) is 4.05. The van der Waals surface area contributed by atoms with Crippen LogP contribution >= 0.6 is 0 Å². The Morgan fingerprint density at radius 1 is 1.30 bits per heavy atom. The number of nitrogens with one attached hydrogen (secondary N) is 1. The molecule has 0 amide bonds. The summed E-state index contributed by atoms with van der Waals surface area (Å²) in [6.07, 6.45) is 9.80. The van der Waals surface area contributed by atoms with E-state index in [0.717, 1.165) is 64.5 Å². The highest BCUT2D eigenvalue weighted by atomic mass is 32.2. The molecular weight excluding hydrogens is 434 g/mol. The molecule has 9 heteroatoms. The van der Waals surface area contributed by atoms with Crippen LogP contribution in [0.15, 0.2) is 54.1 Å². The average molecular weight is 458 g/mol. The number of aryl methyl sites for hydroxylation is 1. The predicted molar refractivity (Wildman–Crippen MR) is 126 cm³/mol. The van der Waals surface area contributed by atoms with Gasteiger partial charge in [-0.15, -0.1) is 0 Å². The molecule has 3 atom stereocenters. The fourth-order valence-corrected chi connectivity index (χ4v) is 6.33. The Morgan fingerprint density at radius 2 is 2.24 bits per heavy atom. The van der Waals surface area contributed by atoms with Crippen LogP contribution in [0.3, 0.4) is 0 Å². The van der Waals surface area contributed by atoms with Gasteiger partial charge in [0.25, 0.3) is 0 Å². The highest BCUT2D eigenvalue weighted by Crippen LogP contribution is 2.35. The Labute approximate surface area is 193 Å². The number of aromatic amines is 1. The Morgan fingerprint density at radius 3 is 3.15 bits per heavy atom.